The van der Waals surface area contributed by atoms with E-state index in [1.54, 1.807) is 0 Å². The van der Waals surface area contributed by atoms with E-state index in [1.165, 1.54) is 30.5 Å². The van der Waals surface area contributed by atoms with Gasteiger partial charge in [-0.15, -0.1) is 0 Å². The minimum Gasteiger partial charge on any atom is -0.324 e. The topological polar surface area (TPSA) is 38.0 Å². The van der Waals surface area contributed by atoms with Crippen molar-refractivity contribution in [2.24, 2.45) is 11.7 Å². The summed E-state index contributed by atoms with van der Waals surface area (Å²) >= 11 is 0. The molecular weight excluding hydrogens is 220 g/mol. The van der Waals surface area contributed by atoms with Gasteiger partial charge < -0.3 is 11.1 Å². The van der Waals surface area contributed by atoms with Crippen molar-refractivity contribution in [3.8, 4) is 0 Å². The zero-order valence-corrected chi connectivity index (χ0v) is 11.7. The summed E-state index contributed by atoms with van der Waals surface area (Å²) in [6.07, 6.45) is 3.72. The molecule has 0 aliphatic carbocycles. The van der Waals surface area contributed by atoms with Crippen LogP contribution in [0.5, 0.6) is 0 Å². The van der Waals surface area contributed by atoms with Crippen molar-refractivity contribution in [2.45, 2.75) is 45.1 Å². The van der Waals surface area contributed by atoms with E-state index in [4.69, 9.17) is 5.73 Å². The van der Waals surface area contributed by atoms with Gasteiger partial charge in [0.25, 0.3) is 0 Å². The van der Waals surface area contributed by atoms with E-state index < -0.39 is 0 Å². The Balaban J connectivity index is 1.93. The van der Waals surface area contributed by atoms with Gasteiger partial charge in [0, 0.05) is 6.04 Å². The smallest absolute Gasteiger partial charge is 0.0297 e. The molecule has 100 valence electrons. The van der Waals surface area contributed by atoms with Crippen LogP contribution >= 0.6 is 0 Å². The second kappa shape index (κ2) is 6.35. The number of nitrogens with two attached hydrogens (primary N) is 1. The van der Waals surface area contributed by atoms with E-state index in [0.717, 1.165) is 18.9 Å². The normalized spacial score (nSPS) is 22.1. The zero-order valence-electron chi connectivity index (χ0n) is 11.7. The Kier molecular flexibility index (Phi) is 4.79. The van der Waals surface area contributed by atoms with Crippen LogP contribution < -0.4 is 11.1 Å². The molecule has 2 nitrogen and oxygen atoms in total. The Labute approximate surface area is 111 Å². The monoisotopic (exact) mass is 246 g/mol. The lowest BCUT2D eigenvalue weighted by Gasteiger charge is -2.25. The predicted octanol–water partition coefficient (Wildman–Crippen LogP) is 3.20. The molecule has 1 aliphatic heterocycles. The summed E-state index contributed by atoms with van der Waals surface area (Å²) < 4.78 is 0. The van der Waals surface area contributed by atoms with Crippen molar-refractivity contribution in [3.05, 3.63) is 35.4 Å². The van der Waals surface area contributed by atoms with Crippen LogP contribution in [-0.4, -0.2) is 13.1 Å². The highest BCUT2D eigenvalue weighted by Crippen LogP contribution is 2.24. The lowest BCUT2D eigenvalue weighted by Crippen LogP contribution is -2.31. The highest BCUT2D eigenvalue weighted by molar-refractivity contribution is 5.26. The number of hydrogen-bond acceptors (Lipinski definition) is 2. The van der Waals surface area contributed by atoms with Crippen LogP contribution in [0.4, 0.5) is 0 Å². The van der Waals surface area contributed by atoms with Gasteiger partial charge >= 0.3 is 0 Å². The fourth-order valence-electron chi connectivity index (χ4n) is 2.75. The molecule has 1 fully saturated rings. The summed E-state index contributed by atoms with van der Waals surface area (Å²) in [6.45, 7) is 6.76. The summed E-state index contributed by atoms with van der Waals surface area (Å²) in [4.78, 5) is 0. The van der Waals surface area contributed by atoms with E-state index in [9.17, 15) is 0 Å². The molecular formula is C16H26N2. The van der Waals surface area contributed by atoms with Crippen LogP contribution in [0, 0.1) is 5.92 Å². The average Bonchev–Trinajstić information content (AvgIpc) is 2.40. The molecule has 18 heavy (non-hydrogen) atoms. The molecule has 0 aromatic heterocycles. The van der Waals surface area contributed by atoms with Gasteiger partial charge in [0.1, 0.15) is 0 Å². The molecule has 0 spiro atoms. The highest BCUT2D eigenvalue weighted by atomic mass is 14.9. The van der Waals surface area contributed by atoms with Crippen molar-refractivity contribution in [1.29, 1.82) is 0 Å². The van der Waals surface area contributed by atoms with Crippen LogP contribution in [0.15, 0.2) is 24.3 Å². The molecule has 1 aromatic carbocycles. The molecule has 1 heterocycles. The van der Waals surface area contributed by atoms with E-state index in [0.29, 0.717) is 5.92 Å². The van der Waals surface area contributed by atoms with Crippen molar-refractivity contribution in [2.75, 3.05) is 13.1 Å². The second-order valence-electron chi connectivity index (χ2n) is 5.88. The number of hydrogen-bond donors (Lipinski definition) is 2. The van der Waals surface area contributed by atoms with Gasteiger partial charge in [-0.2, -0.15) is 0 Å². The quantitative estimate of drug-likeness (QED) is 0.856. The first-order valence-electron chi connectivity index (χ1n) is 7.23. The average molecular weight is 246 g/mol. The van der Waals surface area contributed by atoms with E-state index >= 15 is 0 Å². The molecule has 1 aliphatic rings. The van der Waals surface area contributed by atoms with Crippen molar-refractivity contribution in [3.63, 3.8) is 0 Å². The molecule has 2 atom stereocenters. The summed E-state index contributed by atoms with van der Waals surface area (Å²) in [7, 11) is 0. The number of piperidine rings is 1. The van der Waals surface area contributed by atoms with Gasteiger partial charge in [-0.1, -0.05) is 38.1 Å². The maximum absolute atomic E-state index is 6.32. The summed E-state index contributed by atoms with van der Waals surface area (Å²) in [5.41, 5.74) is 9.00. The van der Waals surface area contributed by atoms with Crippen molar-refractivity contribution < 1.29 is 0 Å². The number of benzene rings is 1. The Hall–Kier alpha value is -0.860. The Morgan fingerprint density at radius 1 is 1.22 bits per heavy atom. The van der Waals surface area contributed by atoms with Crippen LogP contribution in [0.3, 0.4) is 0 Å². The maximum atomic E-state index is 6.32. The van der Waals surface area contributed by atoms with E-state index in [-0.39, 0.29) is 6.04 Å². The Morgan fingerprint density at radius 3 is 2.44 bits per heavy atom. The third-order valence-electron chi connectivity index (χ3n) is 4.02. The largest absolute Gasteiger partial charge is 0.324 e. The fourth-order valence-corrected chi connectivity index (χ4v) is 2.75. The van der Waals surface area contributed by atoms with Crippen molar-refractivity contribution in [1.82, 2.24) is 5.32 Å². The molecule has 1 aromatic rings. The zero-order chi connectivity index (χ0) is 13.0. The lowest BCUT2D eigenvalue weighted by molar-refractivity contribution is 0.337. The predicted molar refractivity (Wildman–Crippen MR) is 77.7 cm³/mol. The first-order chi connectivity index (χ1) is 8.66. The highest BCUT2D eigenvalue weighted by Gasteiger charge is 2.17. The van der Waals surface area contributed by atoms with Crippen LogP contribution in [0.25, 0.3) is 0 Å². The van der Waals surface area contributed by atoms with E-state index in [1.807, 2.05) is 0 Å². The maximum Gasteiger partial charge on any atom is 0.0297 e. The molecule has 2 heteroatoms. The van der Waals surface area contributed by atoms with Crippen LogP contribution in [-0.2, 0) is 0 Å². The molecule has 2 rings (SSSR count). The van der Waals surface area contributed by atoms with Gasteiger partial charge in [0.15, 0.2) is 0 Å². The first-order valence-corrected chi connectivity index (χ1v) is 7.23. The molecule has 0 saturated carbocycles. The van der Waals surface area contributed by atoms with Gasteiger partial charge in [-0.25, -0.2) is 0 Å². The van der Waals surface area contributed by atoms with E-state index in [2.05, 4.69) is 43.4 Å². The fraction of sp³-hybridized carbons (Fsp3) is 0.625. The molecule has 0 radical (unpaired) electrons. The summed E-state index contributed by atoms with van der Waals surface area (Å²) in [5, 5.41) is 3.46. The molecule has 1 saturated heterocycles. The SMILES string of the molecule is CC(C)c1ccc(C(N)CC2CCCNC2)cc1. The standard InChI is InChI=1S/C16H26N2/c1-12(2)14-5-7-15(8-6-14)16(17)10-13-4-3-9-18-11-13/h5-8,12-13,16,18H,3-4,9-11,17H2,1-2H3. The summed E-state index contributed by atoms with van der Waals surface area (Å²) in [5.74, 6) is 1.34. The summed E-state index contributed by atoms with van der Waals surface area (Å²) in [6, 6.07) is 9.04. The minimum atomic E-state index is 0.191. The van der Waals surface area contributed by atoms with Crippen LogP contribution in [0.2, 0.25) is 0 Å². The van der Waals surface area contributed by atoms with Crippen LogP contribution in [0.1, 0.15) is 56.2 Å². The number of rotatable bonds is 4. The molecule has 0 bridgehead atoms. The minimum absolute atomic E-state index is 0.191. The first kappa shape index (κ1) is 13.6. The Bertz CT molecular complexity index is 350. The molecule has 0 amide bonds. The van der Waals surface area contributed by atoms with Gasteiger partial charge in [-0.3, -0.25) is 0 Å². The third kappa shape index (κ3) is 3.56. The second-order valence-corrected chi connectivity index (χ2v) is 5.88. The van der Waals surface area contributed by atoms with Gasteiger partial charge in [0.05, 0.1) is 0 Å². The van der Waals surface area contributed by atoms with Gasteiger partial charge in [-0.05, 0) is 55.3 Å². The number of nitrogens with one attached hydrogen (secondary N) is 1. The van der Waals surface area contributed by atoms with Crippen molar-refractivity contribution >= 4 is 0 Å². The molecule has 2 unspecified atom stereocenters. The van der Waals surface area contributed by atoms with Gasteiger partial charge in [0.2, 0.25) is 0 Å². The molecule has 3 N–H and O–H groups in total. The Morgan fingerprint density at radius 2 is 1.89 bits per heavy atom. The lowest BCUT2D eigenvalue weighted by atomic mass is 9.89. The third-order valence-corrected chi connectivity index (χ3v) is 4.02.